The van der Waals surface area contributed by atoms with Crippen LogP contribution in [0.4, 0.5) is 0 Å². The zero-order valence-corrected chi connectivity index (χ0v) is 16.3. The molecule has 2 aliphatic rings. The molecule has 0 spiro atoms. The van der Waals surface area contributed by atoms with Gasteiger partial charge < -0.3 is 10.5 Å². The molecule has 1 saturated heterocycles. The van der Waals surface area contributed by atoms with E-state index in [4.69, 9.17) is 20.6 Å². The van der Waals surface area contributed by atoms with Gasteiger partial charge in [-0.05, 0) is 63.1 Å². The van der Waals surface area contributed by atoms with Crippen molar-refractivity contribution in [3.63, 3.8) is 0 Å². The van der Waals surface area contributed by atoms with Crippen LogP contribution in [-0.2, 0) is 4.74 Å². The van der Waals surface area contributed by atoms with Crippen LogP contribution in [0, 0.1) is 6.92 Å². The van der Waals surface area contributed by atoms with Gasteiger partial charge in [0.1, 0.15) is 5.82 Å². The molecule has 1 saturated carbocycles. The Kier molecular flexibility index (Phi) is 6.33. The Balaban J connectivity index is 0.00000196. The first-order chi connectivity index (χ1) is 12.2. The number of aryl methyl sites for hydroxylation is 1. The maximum atomic E-state index is 6.11. The monoisotopic (exact) mass is 376 g/mol. The van der Waals surface area contributed by atoms with E-state index in [2.05, 4.69) is 35.9 Å². The second kappa shape index (κ2) is 8.51. The molecule has 0 amide bonds. The minimum absolute atomic E-state index is 0. The SMILES string of the molecule is Cc1cccc(-n2nc(C3CCOCC3)nc2C2CCC(N)CC2)c1.Cl. The fourth-order valence-electron chi connectivity index (χ4n) is 4.06. The molecule has 2 fully saturated rings. The number of hydrogen-bond acceptors (Lipinski definition) is 4. The van der Waals surface area contributed by atoms with Crippen molar-refractivity contribution in [1.29, 1.82) is 0 Å². The van der Waals surface area contributed by atoms with Gasteiger partial charge in [0.25, 0.3) is 0 Å². The summed E-state index contributed by atoms with van der Waals surface area (Å²) in [5, 5.41) is 4.96. The number of ether oxygens (including phenoxy) is 1. The van der Waals surface area contributed by atoms with Gasteiger partial charge in [0, 0.05) is 31.1 Å². The van der Waals surface area contributed by atoms with Gasteiger partial charge in [-0.3, -0.25) is 0 Å². The number of benzene rings is 1. The topological polar surface area (TPSA) is 66.0 Å². The lowest BCUT2D eigenvalue weighted by Gasteiger charge is -2.25. The summed E-state index contributed by atoms with van der Waals surface area (Å²) >= 11 is 0. The van der Waals surface area contributed by atoms with Crippen LogP contribution in [0.1, 0.15) is 67.6 Å². The normalized spacial score (nSPS) is 24.2. The lowest BCUT2D eigenvalue weighted by Crippen LogP contribution is -2.26. The van der Waals surface area contributed by atoms with E-state index >= 15 is 0 Å². The largest absolute Gasteiger partial charge is 0.381 e. The second-order valence-corrected chi connectivity index (χ2v) is 7.58. The number of aromatic nitrogens is 3. The molecule has 142 valence electrons. The van der Waals surface area contributed by atoms with Crippen molar-refractivity contribution in [3.05, 3.63) is 41.5 Å². The molecule has 6 heteroatoms. The molecule has 1 aliphatic carbocycles. The highest BCUT2D eigenvalue weighted by Gasteiger charge is 2.28. The summed E-state index contributed by atoms with van der Waals surface area (Å²) in [4.78, 5) is 5.04. The van der Waals surface area contributed by atoms with Gasteiger partial charge in [-0.2, -0.15) is 5.10 Å². The Morgan fingerprint density at radius 3 is 2.46 bits per heavy atom. The summed E-state index contributed by atoms with van der Waals surface area (Å²) in [7, 11) is 0. The fourth-order valence-corrected chi connectivity index (χ4v) is 4.06. The van der Waals surface area contributed by atoms with Crippen LogP contribution >= 0.6 is 12.4 Å². The molecular formula is C20H29ClN4O. The Hall–Kier alpha value is -1.43. The Bertz CT molecular complexity index is 718. The molecule has 2 N–H and O–H groups in total. The third kappa shape index (κ3) is 4.11. The van der Waals surface area contributed by atoms with Crippen molar-refractivity contribution in [2.75, 3.05) is 13.2 Å². The third-order valence-corrected chi connectivity index (χ3v) is 5.62. The van der Waals surface area contributed by atoms with Gasteiger partial charge in [0.15, 0.2) is 5.82 Å². The summed E-state index contributed by atoms with van der Waals surface area (Å²) in [5.74, 6) is 3.00. The van der Waals surface area contributed by atoms with Gasteiger partial charge in [-0.1, -0.05) is 12.1 Å². The highest BCUT2D eigenvalue weighted by Crippen LogP contribution is 2.34. The molecule has 0 atom stereocenters. The van der Waals surface area contributed by atoms with Crippen LogP contribution < -0.4 is 5.73 Å². The summed E-state index contributed by atoms with van der Waals surface area (Å²) in [6.07, 6.45) is 6.42. The van der Waals surface area contributed by atoms with Crippen molar-refractivity contribution in [2.24, 2.45) is 5.73 Å². The summed E-state index contributed by atoms with van der Waals surface area (Å²) in [6.45, 7) is 3.76. The van der Waals surface area contributed by atoms with Crippen LogP contribution in [0.5, 0.6) is 0 Å². The van der Waals surface area contributed by atoms with Crippen LogP contribution in [0.3, 0.4) is 0 Å². The molecule has 5 nitrogen and oxygen atoms in total. The molecule has 2 heterocycles. The van der Waals surface area contributed by atoms with E-state index in [0.717, 1.165) is 69.1 Å². The standard InChI is InChI=1S/C20H28N4O.ClH/c1-14-3-2-4-18(13-14)24-20(16-5-7-17(21)8-6-16)22-19(23-24)15-9-11-25-12-10-15;/h2-4,13,15-17H,5-12,21H2,1H3;1H. The molecule has 1 aromatic heterocycles. The molecular weight excluding hydrogens is 348 g/mol. The molecule has 0 radical (unpaired) electrons. The van der Waals surface area contributed by atoms with Crippen molar-refractivity contribution < 1.29 is 4.74 Å². The summed E-state index contributed by atoms with van der Waals surface area (Å²) in [5.41, 5.74) is 8.48. The van der Waals surface area contributed by atoms with E-state index in [-0.39, 0.29) is 12.4 Å². The van der Waals surface area contributed by atoms with Crippen molar-refractivity contribution >= 4 is 12.4 Å². The molecule has 4 rings (SSSR count). The van der Waals surface area contributed by atoms with Crippen LogP contribution in [0.25, 0.3) is 5.69 Å². The van der Waals surface area contributed by atoms with Crippen molar-refractivity contribution in [1.82, 2.24) is 14.8 Å². The highest BCUT2D eigenvalue weighted by molar-refractivity contribution is 5.85. The molecule has 0 unspecified atom stereocenters. The number of nitrogens with two attached hydrogens (primary N) is 1. The lowest BCUT2D eigenvalue weighted by atomic mass is 9.86. The van der Waals surface area contributed by atoms with E-state index < -0.39 is 0 Å². The Labute approximate surface area is 161 Å². The van der Waals surface area contributed by atoms with E-state index in [0.29, 0.717) is 17.9 Å². The number of nitrogens with zero attached hydrogens (tertiary/aromatic N) is 3. The summed E-state index contributed by atoms with van der Waals surface area (Å²) < 4.78 is 7.61. The highest BCUT2D eigenvalue weighted by atomic mass is 35.5. The zero-order chi connectivity index (χ0) is 17.2. The minimum atomic E-state index is 0. The zero-order valence-electron chi connectivity index (χ0n) is 15.4. The van der Waals surface area contributed by atoms with Crippen molar-refractivity contribution in [2.45, 2.75) is 63.3 Å². The molecule has 1 aromatic carbocycles. The average Bonchev–Trinajstić information content (AvgIpc) is 3.08. The van der Waals surface area contributed by atoms with Crippen LogP contribution in [0.15, 0.2) is 24.3 Å². The van der Waals surface area contributed by atoms with Crippen molar-refractivity contribution in [3.8, 4) is 5.69 Å². The maximum Gasteiger partial charge on any atom is 0.154 e. The molecule has 26 heavy (non-hydrogen) atoms. The number of halogens is 1. The van der Waals surface area contributed by atoms with Gasteiger partial charge in [0.05, 0.1) is 5.69 Å². The molecule has 2 aromatic rings. The Morgan fingerprint density at radius 2 is 1.77 bits per heavy atom. The van der Waals surface area contributed by atoms with Gasteiger partial charge in [0.2, 0.25) is 0 Å². The molecule has 1 aliphatic heterocycles. The lowest BCUT2D eigenvalue weighted by molar-refractivity contribution is 0.0836. The van der Waals surface area contributed by atoms with Gasteiger partial charge in [-0.15, -0.1) is 12.4 Å². The summed E-state index contributed by atoms with van der Waals surface area (Å²) in [6, 6.07) is 8.90. The average molecular weight is 377 g/mol. The number of rotatable bonds is 3. The number of hydrogen-bond donors (Lipinski definition) is 1. The second-order valence-electron chi connectivity index (χ2n) is 7.58. The maximum absolute atomic E-state index is 6.11. The Morgan fingerprint density at radius 1 is 1.04 bits per heavy atom. The first kappa shape index (κ1) is 19.3. The van der Waals surface area contributed by atoms with E-state index in [1.165, 1.54) is 5.56 Å². The predicted octanol–water partition coefficient (Wildman–Crippen LogP) is 3.88. The van der Waals surface area contributed by atoms with Crippen LogP contribution in [0.2, 0.25) is 0 Å². The van der Waals surface area contributed by atoms with Gasteiger partial charge in [-0.25, -0.2) is 9.67 Å². The quantitative estimate of drug-likeness (QED) is 0.882. The fraction of sp³-hybridized carbons (Fsp3) is 0.600. The first-order valence-electron chi connectivity index (χ1n) is 9.58. The van der Waals surface area contributed by atoms with E-state index in [9.17, 15) is 0 Å². The smallest absolute Gasteiger partial charge is 0.154 e. The van der Waals surface area contributed by atoms with E-state index in [1.54, 1.807) is 0 Å². The van der Waals surface area contributed by atoms with E-state index in [1.807, 2.05) is 0 Å². The molecule has 0 bridgehead atoms. The van der Waals surface area contributed by atoms with Crippen LogP contribution in [-0.4, -0.2) is 34.0 Å². The predicted molar refractivity (Wildman–Crippen MR) is 105 cm³/mol. The first-order valence-corrected chi connectivity index (χ1v) is 9.58. The van der Waals surface area contributed by atoms with Gasteiger partial charge >= 0.3 is 0 Å². The third-order valence-electron chi connectivity index (χ3n) is 5.62. The minimum Gasteiger partial charge on any atom is -0.381 e.